The van der Waals surface area contributed by atoms with Gasteiger partial charge in [0.25, 0.3) is 0 Å². The molecule has 0 amide bonds. The highest BCUT2D eigenvalue weighted by atomic mass is 35.5. The maximum atomic E-state index is 12.6. The third-order valence-electron chi connectivity index (χ3n) is 2.48. The van der Waals surface area contributed by atoms with Crippen molar-refractivity contribution in [2.75, 3.05) is 5.32 Å². The predicted octanol–water partition coefficient (Wildman–Crippen LogP) is 4.13. The van der Waals surface area contributed by atoms with E-state index >= 15 is 0 Å². The van der Waals surface area contributed by atoms with Crippen molar-refractivity contribution in [3.05, 3.63) is 44.7 Å². The van der Waals surface area contributed by atoms with E-state index in [2.05, 4.69) is 10.3 Å². The number of carbonyl (C=O) groups is 1. The fourth-order valence-electron chi connectivity index (χ4n) is 1.54. The van der Waals surface area contributed by atoms with E-state index in [9.17, 15) is 18.0 Å². The largest absolute Gasteiger partial charge is 0.478 e. The zero-order valence-electron chi connectivity index (χ0n) is 10.2. The summed E-state index contributed by atoms with van der Waals surface area (Å²) in [7, 11) is 0. The van der Waals surface area contributed by atoms with Gasteiger partial charge < -0.3 is 10.4 Å². The Labute approximate surface area is 126 Å². The lowest BCUT2D eigenvalue weighted by atomic mass is 10.2. The summed E-state index contributed by atoms with van der Waals surface area (Å²) >= 11 is 6.98. The van der Waals surface area contributed by atoms with Gasteiger partial charge in [-0.15, -0.1) is 11.3 Å². The number of halogens is 4. The molecule has 0 saturated carbocycles. The van der Waals surface area contributed by atoms with Crippen LogP contribution >= 0.6 is 22.9 Å². The fraction of sp³-hybridized carbons (Fsp3) is 0.167. The standard InChI is InChI=1S/C12H8ClF3N2O2S/c13-9-4-1-6(21-9)5-17-10-7(11(19)20)2-3-8(18-10)12(14,15)16/h1-4H,5H2,(H,17,18)(H,19,20). The third-order valence-corrected chi connectivity index (χ3v) is 3.71. The smallest absolute Gasteiger partial charge is 0.433 e. The van der Waals surface area contributed by atoms with Crippen LogP contribution in [-0.4, -0.2) is 16.1 Å². The van der Waals surface area contributed by atoms with Crippen LogP contribution in [0.1, 0.15) is 20.9 Å². The molecule has 0 saturated heterocycles. The Morgan fingerprint density at radius 1 is 1.33 bits per heavy atom. The van der Waals surface area contributed by atoms with Crippen molar-refractivity contribution in [1.82, 2.24) is 4.98 Å². The second-order valence-corrected chi connectivity index (χ2v) is 5.75. The molecule has 21 heavy (non-hydrogen) atoms. The molecule has 0 fully saturated rings. The summed E-state index contributed by atoms with van der Waals surface area (Å²) in [6.07, 6.45) is -4.64. The second kappa shape index (κ2) is 5.90. The van der Waals surface area contributed by atoms with Gasteiger partial charge in [-0.3, -0.25) is 0 Å². The maximum Gasteiger partial charge on any atom is 0.433 e. The van der Waals surface area contributed by atoms with E-state index in [1.807, 2.05) is 0 Å². The summed E-state index contributed by atoms with van der Waals surface area (Å²) in [4.78, 5) is 15.1. The quantitative estimate of drug-likeness (QED) is 0.881. The normalized spacial score (nSPS) is 11.4. The molecular formula is C12H8ClF3N2O2S. The van der Waals surface area contributed by atoms with E-state index in [0.717, 1.165) is 10.9 Å². The van der Waals surface area contributed by atoms with Gasteiger partial charge in [-0.25, -0.2) is 9.78 Å². The van der Waals surface area contributed by atoms with Gasteiger partial charge >= 0.3 is 12.1 Å². The van der Waals surface area contributed by atoms with Gasteiger partial charge in [-0.1, -0.05) is 11.6 Å². The minimum absolute atomic E-state index is 0.131. The lowest BCUT2D eigenvalue weighted by Gasteiger charge is -2.11. The zero-order valence-corrected chi connectivity index (χ0v) is 11.8. The molecule has 0 unspecified atom stereocenters. The topological polar surface area (TPSA) is 62.2 Å². The van der Waals surface area contributed by atoms with Gasteiger partial charge in [0.2, 0.25) is 0 Å². The van der Waals surface area contributed by atoms with Crippen LogP contribution in [0.5, 0.6) is 0 Å². The zero-order chi connectivity index (χ0) is 15.6. The average Bonchev–Trinajstić information content (AvgIpc) is 2.80. The van der Waals surface area contributed by atoms with Crippen molar-refractivity contribution in [2.24, 2.45) is 0 Å². The van der Waals surface area contributed by atoms with Crippen LogP contribution in [0.25, 0.3) is 0 Å². The molecule has 2 aromatic heterocycles. The number of rotatable bonds is 4. The lowest BCUT2D eigenvalue weighted by Crippen LogP contribution is -2.14. The van der Waals surface area contributed by atoms with Gasteiger partial charge in [0.15, 0.2) is 0 Å². The molecule has 0 bridgehead atoms. The molecule has 0 atom stereocenters. The van der Waals surface area contributed by atoms with Crippen LogP contribution in [0.3, 0.4) is 0 Å². The molecule has 2 aromatic rings. The van der Waals surface area contributed by atoms with Crippen molar-refractivity contribution < 1.29 is 23.1 Å². The van der Waals surface area contributed by atoms with E-state index in [-0.39, 0.29) is 17.9 Å². The maximum absolute atomic E-state index is 12.6. The molecule has 2 heterocycles. The number of hydrogen-bond donors (Lipinski definition) is 2. The average molecular weight is 337 g/mol. The molecule has 0 aliphatic carbocycles. The van der Waals surface area contributed by atoms with Crippen LogP contribution in [-0.2, 0) is 12.7 Å². The molecule has 0 aliphatic rings. The molecule has 2 N–H and O–H groups in total. The summed E-state index contributed by atoms with van der Waals surface area (Å²) in [6, 6.07) is 4.84. The lowest BCUT2D eigenvalue weighted by molar-refractivity contribution is -0.141. The Hall–Kier alpha value is -1.80. The molecule has 2 rings (SSSR count). The Kier molecular flexibility index (Phi) is 4.38. The minimum atomic E-state index is -4.64. The van der Waals surface area contributed by atoms with E-state index in [1.54, 1.807) is 12.1 Å². The number of aromatic carboxylic acids is 1. The number of alkyl halides is 3. The van der Waals surface area contributed by atoms with Gasteiger partial charge in [-0.2, -0.15) is 13.2 Å². The summed E-state index contributed by atoms with van der Waals surface area (Å²) in [6.45, 7) is 0.131. The molecule has 0 spiro atoms. The molecule has 0 aliphatic heterocycles. The highest BCUT2D eigenvalue weighted by Gasteiger charge is 2.33. The van der Waals surface area contributed by atoms with Crippen molar-refractivity contribution in [3.63, 3.8) is 0 Å². The molecule has 0 aromatic carbocycles. The summed E-state index contributed by atoms with van der Waals surface area (Å²) in [5.74, 6) is -1.69. The van der Waals surface area contributed by atoms with E-state index in [4.69, 9.17) is 16.7 Å². The van der Waals surface area contributed by atoms with Crippen molar-refractivity contribution in [1.29, 1.82) is 0 Å². The Bertz CT molecular complexity index is 673. The van der Waals surface area contributed by atoms with Crippen molar-refractivity contribution >= 4 is 34.7 Å². The Balaban J connectivity index is 2.28. The molecular weight excluding hydrogens is 329 g/mol. The van der Waals surface area contributed by atoms with E-state index in [1.165, 1.54) is 11.3 Å². The fourth-order valence-corrected chi connectivity index (χ4v) is 2.57. The van der Waals surface area contributed by atoms with E-state index in [0.29, 0.717) is 10.4 Å². The van der Waals surface area contributed by atoms with Crippen LogP contribution < -0.4 is 5.32 Å². The highest BCUT2D eigenvalue weighted by molar-refractivity contribution is 7.16. The number of anilines is 1. The van der Waals surface area contributed by atoms with Crippen LogP contribution in [0, 0.1) is 0 Å². The summed E-state index contributed by atoms with van der Waals surface area (Å²) < 4.78 is 38.4. The Morgan fingerprint density at radius 2 is 2.05 bits per heavy atom. The minimum Gasteiger partial charge on any atom is -0.478 e. The van der Waals surface area contributed by atoms with Crippen LogP contribution in [0.4, 0.5) is 19.0 Å². The number of nitrogens with one attached hydrogen (secondary N) is 1. The van der Waals surface area contributed by atoms with Gasteiger partial charge in [0.05, 0.1) is 10.9 Å². The van der Waals surface area contributed by atoms with Gasteiger partial charge in [-0.05, 0) is 24.3 Å². The predicted molar refractivity (Wildman–Crippen MR) is 72.9 cm³/mol. The highest BCUT2D eigenvalue weighted by Crippen LogP contribution is 2.30. The number of hydrogen-bond acceptors (Lipinski definition) is 4. The first kappa shape index (κ1) is 15.6. The number of thiophene rings is 1. The van der Waals surface area contributed by atoms with E-state index < -0.39 is 17.8 Å². The number of aromatic nitrogens is 1. The SMILES string of the molecule is O=C(O)c1ccc(C(F)(F)F)nc1NCc1ccc(Cl)s1. The van der Waals surface area contributed by atoms with Crippen LogP contribution in [0.2, 0.25) is 4.34 Å². The van der Waals surface area contributed by atoms with Crippen LogP contribution in [0.15, 0.2) is 24.3 Å². The molecule has 0 radical (unpaired) electrons. The van der Waals surface area contributed by atoms with Crippen molar-refractivity contribution in [3.8, 4) is 0 Å². The third kappa shape index (κ3) is 3.85. The number of carboxylic acid groups (broad SMARTS) is 1. The van der Waals surface area contributed by atoms with Gasteiger partial charge in [0, 0.05) is 4.88 Å². The monoisotopic (exact) mass is 336 g/mol. The number of pyridine rings is 1. The van der Waals surface area contributed by atoms with Crippen molar-refractivity contribution in [2.45, 2.75) is 12.7 Å². The first-order valence-electron chi connectivity index (χ1n) is 5.57. The Morgan fingerprint density at radius 3 is 2.57 bits per heavy atom. The second-order valence-electron chi connectivity index (χ2n) is 3.95. The molecule has 112 valence electrons. The molecule has 9 heteroatoms. The first-order chi connectivity index (χ1) is 9.77. The molecule has 4 nitrogen and oxygen atoms in total. The van der Waals surface area contributed by atoms with Gasteiger partial charge in [0.1, 0.15) is 17.1 Å². The summed E-state index contributed by atoms with van der Waals surface area (Å²) in [5, 5.41) is 11.6. The number of nitrogens with zero attached hydrogens (tertiary/aromatic N) is 1. The summed E-state index contributed by atoms with van der Waals surface area (Å²) in [5.41, 5.74) is -1.48. The first-order valence-corrected chi connectivity index (χ1v) is 6.76. The number of carboxylic acids is 1.